The number of hydrogen-bond donors (Lipinski definition) is 4. The van der Waals surface area contributed by atoms with Gasteiger partial charge in [-0.15, -0.1) is 0 Å². The number of hydrogen-bond acceptors (Lipinski definition) is 5. The van der Waals surface area contributed by atoms with E-state index in [4.69, 9.17) is 10.4 Å². The van der Waals surface area contributed by atoms with Gasteiger partial charge < -0.3 is 15.7 Å². The van der Waals surface area contributed by atoms with E-state index in [1.807, 2.05) is 27.0 Å². The summed E-state index contributed by atoms with van der Waals surface area (Å²) >= 11 is 0. The number of pyridine rings is 1. The number of aliphatic hydroxyl groups is 1. The van der Waals surface area contributed by atoms with Gasteiger partial charge in [-0.1, -0.05) is 6.92 Å². The van der Waals surface area contributed by atoms with Crippen LogP contribution in [0.3, 0.4) is 0 Å². The predicted molar refractivity (Wildman–Crippen MR) is 87.8 cm³/mol. The molecule has 0 saturated carbocycles. The molecule has 23 heavy (non-hydrogen) atoms. The van der Waals surface area contributed by atoms with Crippen molar-refractivity contribution in [2.45, 2.75) is 32.7 Å². The first-order valence-electron chi connectivity index (χ1n) is 7.29. The molecule has 0 fully saturated rings. The maximum atomic E-state index is 12.1. The van der Waals surface area contributed by atoms with E-state index in [-0.39, 0.29) is 36.4 Å². The monoisotopic (exact) mass is 318 g/mol. The number of amides is 1. The SMILES string of the molecule is CCC(C)(C)N=C(NC#N)Nc1ncccc1C(=O)NCCO. The van der Waals surface area contributed by atoms with Gasteiger partial charge in [0.2, 0.25) is 5.96 Å². The van der Waals surface area contributed by atoms with Crippen molar-refractivity contribution in [1.29, 1.82) is 5.26 Å². The highest BCUT2D eigenvalue weighted by atomic mass is 16.3. The molecular weight excluding hydrogens is 296 g/mol. The van der Waals surface area contributed by atoms with Gasteiger partial charge in [0.15, 0.2) is 6.19 Å². The number of nitriles is 1. The van der Waals surface area contributed by atoms with Crippen LogP contribution >= 0.6 is 0 Å². The third-order valence-corrected chi connectivity index (χ3v) is 3.14. The number of aliphatic hydroxyl groups excluding tert-OH is 1. The first kappa shape index (κ1) is 18.4. The van der Waals surface area contributed by atoms with Gasteiger partial charge in [0, 0.05) is 12.7 Å². The molecule has 0 aliphatic carbocycles. The molecule has 1 aromatic heterocycles. The van der Waals surface area contributed by atoms with Crippen molar-refractivity contribution in [1.82, 2.24) is 15.6 Å². The molecule has 1 aromatic rings. The van der Waals surface area contributed by atoms with Crippen LogP contribution in [0.5, 0.6) is 0 Å². The lowest BCUT2D eigenvalue weighted by Crippen LogP contribution is -2.33. The van der Waals surface area contributed by atoms with Crippen LogP contribution in [0.15, 0.2) is 23.3 Å². The Labute approximate surface area is 135 Å². The molecule has 0 saturated heterocycles. The Morgan fingerprint density at radius 1 is 1.52 bits per heavy atom. The van der Waals surface area contributed by atoms with Crippen LogP contribution in [0.4, 0.5) is 5.82 Å². The minimum absolute atomic E-state index is 0.146. The first-order valence-corrected chi connectivity index (χ1v) is 7.29. The zero-order chi connectivity index (χ0) is 17.3. The smallest absolute Gasteiger partial charge is 0.255 e. The lowest BCUT2D eigenvalue weighted by Gasteiger charge is -2.19. The Bertz CT molecular complexity index is 606. The van der Waals surface area contributed by atoms with Crippen molar-refractivity contribution in [2.24, 2.45) is 4.99 Å². The van der Waals surface area contributed by atoms with Gasteiger partial charge in [-0.05, 0) is 32.4 Å². The van der Waals surface area contributed by atoms with Gasteiger partial charge in [0.05, 0.1) is 17.7 Å². The number of nitrogens with zero attached hydrogens (tertiary/aromatic N) is 3. The van der Waals surface area contributed by atoms with Crippen molar-refractivity contribution in [3.05, 3.63) is 23.9 Å². The fraction of sp³-hybridized carbons (Fsp3) is 0.467. The highest BCUT2D eigenvalue weighted by Crippen LogP contribution is 2.15. The van der Waals surface area contributed by atoms with Crippen LogP contribution in [0.1, 0.15) is 37.6 Å². The minimum Gasteiger partial charge on any atom is -0.395 e. The molecule has 0 aliphatic rings. The molecule has 0 bridgehead atoms. The first-order chi connectivity index (χ1) is 10.9. The van der Waals surface area contributed by atoms with Crippen LogP contribution in [-0.2, 0) is 0 Å². The number of carbonyl (C=O) groups excluding carboxylic acids is 1. The normalized spacial score (nSPS) is 11.5. The predicted octanol–water partition coefficient (Wildman–Crippen LogP) is 0.831. The van der Waals surface area contributed by atoms with E-state index in [0.29, 0.717) is 5.56 Å². The Balaban J connectivity index is 3.06. The average Bonchev–Trinajstić information content (AvgIpc) is 2.53. The maximum Gasteiger partial charge on any atom is 0.255 e. The summed E-state index contributed by atoms with van der Waals surface area (Å²) in [6, 6.07) is 3.22. The van der Waals surface area contributed by atoms with Crippen LogP contribution < -0.4 is 16.0 Å². The van der Waals surface area contributed by atoms with E-state index >= 15 is 0 Å². The van der Waals surface area contributed by atoms with Crippen molar-refractivity contribution >= 4 is 17.7 Å². The quantitative estimate of drug-likeness (QED) is 0.267. The summed E-state index contributed by atoms with van der Waals surface area (Å²) < 4.78 is 0. The van der Waals surface area contributed by atoms with E-state index in [1.54, 1.807) is 12.1 Å². The average molecular weight is 318 g/mol. The molecule has 0 aliphatic heterocycles. The van der Waals surface area contributed by atoms with E-state index < -0.39 is 0 Å². The van der Waals surface area contributed by atoms with E-state index in [0.717, 1.165) is 6.42 Å². The second-order valence-corrected chi connectivity index (χ2v) is 5.37. The van der Waals surface area contributed by atoms with Gasteiger partial charge >= 0.3 is 0 Å². The molecule has 8 heteroatoms. The van der Waals surface area contributed by atoms with Gasteiger partial charge in [-0.3, -0.25) is 10.1 Å². The molecule has 0 aromatic carbocycles. The number of aliphatic imine (C=N–C) groups is 1. The van der Waals surface area contributed by atoms with Crippen LogP contribution in [0.2, 0.25) is 0 Å². The van der Waals surface area contributed by atoms with Gasteiger partial charge in [-0.2, -0.15) is 5.26 Å². The Morgan fingerprint density at radius 2 is 2.26 bits per heavy atom. The maximum absolute atomic E-state index is 12.1. The molecule has 8 nitrogen and oxygen atoms in total. The van der Waals surface area contributed by atoms with Gasteiger partial charge in [0.1, 0.15) is 5.82 Å². The van der Waals surface area contributed by atoms with E-state index in [2.05, 4.69) is 25.9 Å². The lowest BCUT2D eigenvalue weighted by molar-refractivity contribution is 0.0945. The summed E-state index contributed by atoms with van der Waals surface area (Å²) in [5, 5.41) is 25.6. The van der Waals surface area contributed by atoms with Crippen molar-refractivity contribution in [3.63, 3.8) is 0 Å². The summed E-state index contributed by atoms with van der Waals surface area (Å²) in [7, 11) is 0. The summed E-state index contributed by atoms with van der Waals surface area (Å²) in [6.45, 7) is 5.85. The fourth-order valence-electron chi connectivity index (χ4n) is 1.59. The molecule has 124 valence electrons. The summed E-state index contributed by atoms with van der Waals surface area (Å²) in [5.41, 5.74) is -0.0806. The molecule has 0 spiro atoms. The standard InChI is InChI=1S/C15H22N6O2/c1-4-15(2,3)21-14(19-10-16)20-12-11(6-5-7-17-12)13(23)18-8-9-22/h5-7,22H,4,8-9H2,1-3H3,(H,18,23)(H2,17,19,20,21). The number of rotatable bonds is 6. The highest BCUT2D eigenvalue weighted by Gasteiger charge is 2.17. The van der Waals surface area contributed by atoms with E-state index in [1.165, 1.54) is 6.20 Å². The topological polar surface area (TPSA) is 122 Å². The van der Waals surface area contributed by atoms with Gasteiger partial charge in [0.25, 0.3) is 5.91 Å². The molecular formula is C15H22N6O2. The molecule has 4 N–H and O–H groups in total. The molecule has 1 rings (SSSR count). The Hall–Kier alpha value is -2.66. The fourth-order valence-corrected chi connectivity index (χ4v) is 1.59. The highest BCUT2D eigenvalue weighted by molar-refractivity contribution is 6.03. The number of aromatic nitrogens is 1. The summed E-state index contributed by atoms with van der Waals surface area (Å²) in [5.74, 6) is 0.117. The van der Waals surface area contributed by atoms with Crippen molar-refractivity contribution in [3.8, 4) is 6.19 Å². The third kappa shape index (κ3) is 5.92. The second-order valence-electron chi connectivity index (χ2n) is 5.37. The molecule has 0 unspecified atom stereocenters. The van der Waals surface area contributed by atoms with Crippen LogP contribution in [0, 0.1) is 11.5 Å². The molecule has 0 radical (unpaired) electrons. The van der Waals surface area contributed by atoms with Crippen molar-refractivity contribution < 1.29 is 9.90 Å². The summed E-state index contributed by atoms with van der Waals surface area (Å²) in [6.07, 6.45) is 4.12. The Morgan fingerprint density at radius 3 is 2.87 bits per heavy atom. The minimum atomic E-state index is -0.375. The molecule has 0 atom stereocenters. The van der Waals surface area contributed by atoms with Crippen LogP contribution in [-0.4, -0.2) is 40.6 Å². The van der Waals surface area contributed by atoms with Gasteiger partial charge in [-0.25, -0.2) is 9.98 Å². The molecule has 1 heterocycles. The lowest BCUT2D eigenvalue weighted by atomic mass is 10.0. The number of nitrogens with one attached hydrogen (secondary N) is 3. The number of guanidine groups is 1. The third-order valence-electron chi connectivity index (χ3n) is 3.14. The van der Waals surface area contributed by atoms with Crippen molar-refractivity contribution in [2.75, 3.05) is 18.5 Å². The molecule has 1 amide bonds. The largest absolute Gasteiger partial charge is 0.395 e. The van der Waals surface area contributed by atoms with E-state index in [9.17, 15) is 4.79 Å². The second kappa shape index (κ2) is 8.70. The zero-order valence-electron chi connectivity index (χ0n) is 13.6. The Kier molecular flexibility index (Phi) is 6.96. The van der Waals surface area contributed by atoms with Crippen LogP contribution in [0.25, 0.3) is 0 Å². The number of carbonyl (C=O) groups is 1. The summed E-state index contributed by atoms with van der Waals surface area (Å²) in [4.78, 5) is 20.6. The zero-order valence-corrected chi connectivity index (χ0v) is 13.6. The number of anilines is 1.